The maximum atomic E-state index is 12.7. The Bertz CT molecular complexity index is 936. The van der Waals surface area contributed by atoms with Crippen molar-refractivity contribution >= 4 is 23.8 Å². The molecule has 0 radical (unpaired) electrons. The van der Waals surface area contributed by atoms with Gasteiger partial charge in [0.1, 0.15) is 11.9 Å². The van der Waals surface area contributed by atoms with Gasteiger partial charge in [0.15, 0.2) is 0 Å². The van der Waals surface area contributed by atoms with Crippen molar-refractivity contribution < 1.29 is 81.3 Å². The van der Waals surface area contributed by atoms with Gasteiger partial charge in [0.25, 0.3) is 0 Å². The fraction of sp³-hybridized carbons (Fsp3) is 0.375. The zero-order valence-electron chi connectivity index (χ0n) is 16.0. The van der Waals surface area contributed by atoms with E-state index in [1.807, 2.05) is 0 Å². The van der Waals surface area contributed by atoms with E-state index in [0.29, 0.717) is 24.3 Å². The van der Waals surface area contributed by atoms with Crippen molar-refractivity contribution in [1.29, 1.82) is 0 Å². The molecule has 196 valence electrons. The van der Waals surface area contributed by atoms with Crippen molar-refractivity contribution in [2.45, 2.75) is 30.8 Å². The van der Waals surface area contributed by atoms with E-state index >= 15 is 0 Å². The van der Waals surface area contributed by atoms with Gasteiger partial charge in [-0.1, -0.05) is 12.1 Å². The average Bonchev–Trinajstić information content (AvgIpc) is 2.67. The fourth-order valence-corrected chi connectivity index (χ4v) is 2.05. The number of ether oxygens (including phenoxy) is 2. The maximum Gasteiger partial charge on any atom is 0.491 e. The molecule has 19 heteroatoms. The molecule has 0 saturated carbocycles. The lowest BCUT2D eigenvalue weighted by Crippen LogP contribution is -2.52. The molecule has 1 rings (SSSR count). The second-order valence-corrected chi connectivity index (χ2v) is 6.06. The van der Waals surface area contributed by atoms with E-state index in [9.17, 15) is 71.9 Å². The molecule has 0 aliphatic rings. The zero-order valence-corrected chi connectivity index (χ0v) is 16.0. The van der Waals surface area contributed by atoms with Crippen LogP contribution in [0.4, 0.5) is 52.7 Å². The number of esters is 2. The number of benzene rings is 1. The lowest BCUT2D eigenvalue weighted by Gasteiger charge is -2.27. The van der Waals surface area contributed by atoms with Gasteiger partial charge in [0.2, 0.25) is 0 Å². The minimum absolute atomic E-state index is 0.377. The van der Waals surface area contributed by atoms with E-state index < -0.39 is 77.3 Å². The van der Waals surface area contributed by atoms with Crippen LogP contribution in [0.5, 0.6) is 5.75 Å². The van der Waals surface area contributed by atoms with Crippen LogP contribution in [0.3, 0.4) is 0 Å². The summed E-state index contributed by atoms with van der Waals surface area (Å²) in [6, 6.07) is 1.52. The second kappa shape index (κ2) is 9.98. The third kappa shape index (κ3) is 8.32. The smallest absolute Gasteiger partial charge is 0.449 e. The number of amides is 2. The Morgan fingerprint density at radius 1 is 0.657 bits per heavy atom. The van der Waals surface area contributed by atoms with Crippen molar-refractivity contribution in [2.75, 3.05) is 6.54 Å². The zero-order chi connectivity index (χ0) is 27.6. The molecular formula is C16H7F12NO6. The summed E-state index contributed by atoms with van der Waals surface area (Å²) in [5, 5.41) is 0. The predicted octanol–water partition coefficient (Wildman–Crippen LogP) is 3.78. The van der Waals surface area contributed by atoms with Crippen molar-refractivity contribution in [1.82, 2.24) is 4.90 Å². The summed E-state index contributed by atoms with van der Waals surface area (Å²) >= 11 is 0. The van der Waals surface area contributed by atoms with Crippen LogP contribution in [-0.2, 0) is 23.9 Å². The third-order valence-electron chi connectivity index (χ3n) is 3.50. The number of halogens is 12. The number of carbonyl (C=O) groups is 4. The van der Waals surface area contributed by atoms with Crippen molar-refractivity contribution in [3.63, 3.8) is 0 Å². The van der Waals surface area contributed by atoms with E-state index in [1.165, 1.54) is 0 Å². The molecular weight excluding hydrogens is 530 g/mol. The second-order valence-electron chi connectivity index (χ2n) is 6.06. The van der Waals surface area contributed by atoms with E-state index in [1.54, 1.807) is 0 Å². The van der Waals surface area contributed by atoms with Crippen molar-refractivity contribution in [3.05, 3.63) is 29.8 Å². The number of alkyl halides is 12. The first-order valence-electron chi connectivity index (χ1n) is 8.21. The summed E-state index contributed by atoms with van der Waals surface area (Å²) in [5.74, 6) is -13.9. The van der Waals surface area contributed by atoms with E-state index in [4.69, 9.17) is 0 Å². The molecule has 1 unspecified atom stereocenters. The van der Waals surface area contributed by atoms with Gasteiger partial charge in [-0.15, -0.1) is 0 Å². The summed E-state index contributed by atoms with van der Waals surface area (Å²) in [6.07, 6.45) is -26.5. The molecule has 0 fully saturated rings. The SMILES string of the molecule is O=C(Oc1ccc(C(CN(C(=O)C(F)(F)F)C(=O)C(F)(F)F)OC(=O)C(F)(F)F)cc1)C(F)(F)F. The molecule has 0 heterocycles. The summed E-state index contributed by atoms with van der Waals surface area (Å²) in [5.41, 5.74) is -0.940. The molecule has 0 aliphatic heterocycles. The molecule has 0 bridgehead atoms. The van der Waals surface area contributed by atoms with Crippen LogP contribution in [0.1, 0.15) is 11.7 Å². The Balaban J connectivity index is 3.43. The normalized spacial score (nSPS) is 13.6. The van der Waals surface area contributed by atoms with Crippen LogP contribution in [0.2, 0.25) is 0 Å². The van der Waals surface area contributed by atoms with E-state index in [2.05, 4.69) is 9.47 Å². The summed E-state index contributed by atoms with van der Waals surface area (Å²) in [6.45, 7) is -2.25. The summed E-state index contributed by atoms with van der Waals surface area (Å²) in [7, 11) is 0. The molecule has 0 aliphatic carbocycles. The Labute approximate surface area is 184 Å². The summed E-state index contributed by atoms with van der Waals surface area (Å²) in [4.78, 5) is 42.9. The number of hydrogen-bond donors (Lipinski definition) is 0. The van der Waals surface area contributed by atoms with Crippen LogP contribution in [0, 0.1) is 0 Å². The van der Waals surface area contributed by atoms with Crippen molar-refractivity contribution in [3.8, 4) is 5.75 Å². The van der Waals surface area contributed by atoms with Gasteiger partial charge < -0.3 is 9.47 Å². The number of rotatable bonds is 5. The highest BCUT2D eigenvalue weighted by Gasteiger charge is 2.53. The lowest BCUT2D eigenvalue weighted by molar-refractivity contribution is -0.213. The number of carbonyl (C=O) groups excluding carboxylic acids is 4. The van der Waals surface area contributed by atoms with Crippen LogP contribution in [0.25, 0.3) is 0 Å². The van der Waals surface area contributed by atoms with Gasteiger partial charge in [-0.2, -0.15) is 52.7 Å². The average molecular weight is 537 g/mol. The van der Waals surface area contributed by atoms with Crippen molar-refractivity contribution in [2.24, 2.45) is 0 Å². The van der Waals surface area contributed by atoms with Crippen LogP contribution >= 0.6 is 0 Å². The predicted molar refractivity (Wildman–Crippen MR) is 81.8 cm³/mol. The Kier molecular flexibility index (Phi) is 8.41. The fourth-order valence-electron chi connectivity index (χ4n) is 2.05. The number of imide groups is 1. The van der Waals surface area contributed by atoms with Gasteiger partial charge in [-0.25, -0.2) is 9.59 Å². The minimum atomic E-state index is -6.14. The van der Waals surface area contributed by atoms with Gasteiger partial charge in [-0.05, 0) is 17.7 Å². The molecule has 0 spiro atoms. The highest BCUT2D eigenvalue weighted by atomic mass is 19.4. The molecule has 7 nitrogen and oxygen atoms in total. The summed E-state index contributed by atoms with van der Waals surface area (Å²) < 4.78 is 158. The van der Waals surface area contributed by atoms with E-state index in [-0.39, 0.29) is 0 Å². The van der Waals surface area contributed by atoms with E-state index in [0.717, 1.165) is 0 Å². The molecule has 0 saturated heterocycles. The standard InChI is InChI=1S/C16H7F12NO6/c17-13(18,19)9(30)29(10(31)14(20,21)22)5-8(35-12(33)16(26,27)28)6-1-3-7(4-2-6)34-11(32)15(23,24)25/h1-4,8H,5H2. The van der Waals surface area contributed by atoms with Gasteiger partial charge >= 0.3 is 48.5 Å². The van der Waals surface area contributed by atoms with Gasteiger partial charge in [0, 0.05) is 0 Å². The molecule has 0 N–H and O–H groups in total. The Morgan fingerprint density at radius 2 is 1.06 bits per heavy atom. The number of hydrogen-bond acceptors (Lipinski definition) is 6. The Morgan fingerprint density at radius 3 is 1.40 bits per heavy atom. The molecule has 35 heavy (non-hydrogen) atoms. The maximum absolute atomic E-state index is 12.7. The molecule has 1 aromatic rings. The highest BCUT2D eigenvalue weighted by molar-refractivity contribution is 6.00. The highest BCUT2D eigenvalue weighted by Crippen LogP contribution is 2.31. The Hall–Kier alpha value is -3.54. The molecule has 1 atom stereocenters. The first-order chi connectivity index (χ1) is 15.5. The van der Waals surface area contributed by atoms with Crippen LogP contribution in [0.15, 0.2) is 24.3 Å². The van der Waals surface area contributed by atoms with Gasteiger partial charge in [0.05, 0.1) is 6.54 Å². The molecule has 0 aromatic heterocycles. The van der Waals surface area contributed by atoms with Gasteiger partial charge in [-0.3, -0.25) is 14.5 Å². The molecule has 2 amide bonds. The minimum Gasteiger partial charge on any atom is -0.449 e. The third-order valence-corrected chi connectivity index (χ3v) is 3.50. The quantitative estimate of drug-likeness (QED) is 0.323. The van der Waals surface area contributed by atoms with Crippen LogP contribution < -0.4 is 4.74 Å². The first-order valence-corrected chi connectivity index (χ1v) is 8.21. The largest absolute Gasteiger partial charge is 0.491 e. The monoisotopic (exact) mass is 537 g/mol. The topological polar surface area (TPSA) is 90.0 Å². The molecule has 1 aromatic carbocycles. The first kappa shape index (κ1) is 29.5. The lowest BCUT2D eigenvalue weighted by atomic mass is 10.1. The van der Waals surface area contributed by atoms with Crippen LogP contribution in [-0.4, -0.2) is 59.9 Å². The number of nitrogens with zero attached hydrogens (tertiary/aromatic N) is 1.